The highest BCUT2D eigenvalue weighted by atomic mass is 35.5. The lowest BCUT2D eigenvalue weighted by Gasteiger charge is -2.22. The van der Waals surface area contributed by atoms with Gasteiger partial charge in [0.1, 0.15) is 18.9 Å². The zero-order chi connectivity index (χ0) is 23.8. The largest absolute Gasteiger partial charge is 0.493 e. The lowest BCUT2D eigenvalue weighted by molar-refractivity contribution is -0.117. The Bertz CT molecular complexity index is 1320. The van der Waals surface area contributed by atoms with E-state index >= 15 is 0 Å². The minimum atomic E-state index is -4.05. The van der Waals surface area contributed by atoms with Gasteiger partial charge in [0.2, 0.25) is 0 Å². The molecule has 182 valence electrons. The zero-order valence-electron chi connectivity index (χ0n) is 19.1. The smallest absolute Gasteiger partial charge is 0.310 e. The van der Waals surface area contributed by atoms with Crippen molar-refractivity contribution in [3.63, 3.8) is 0 Å². The maximum absolute atomic E-state index is 13.5. The van der Waals surface area contributed by atoms with Crippen LogP contribution in [-0.4, -0.2) is 70.1 Å². The fourth-order valence-electron chi connectivity index (χ4n) is 3.77. The van der Waals surface area contributed by atoms with Crippen LogP contribution in [0.2, 0.25) is 0 Å². The SMILES string of the molecule is COCCOc1cc2ncnc(C3C(=O)N(S(=O)(=O)N(C)C)c4ccccc43)c2cc1OC.Cl. The lowest BCUT2D eigenvalue weighted by Crippen LogP contribution is -2.42. The van der Waals surface area contributed by atoms with Gasteiger partial charge in [-0.25, -0.2) is 9.97 Å². The quantitative estimate of drug-likeness (QED) is 0.426. The number of nitrogens with zero attached hydrogens (tertiary/aromatic N) is 4. The van der Waals surface area contributed by atoms with Gasteiger partial charge in [-0.3, -0.25) is 4.79 Å². The van der Waals surface area contributed by atoms with Gasteiger partial charge in [0.25, 0.3) is 5.91 Å². The third kappa shape index (κ3) is 4.27. The Morgan fingerprint density at radius 3 is 2.47 bits per heavy atom. The van der Waals surface area contributed by atoms with Gasteiger partial charge in [-0.05, 0) is 17.7 Å². The summed E-state index contributed by atoms with van der Waals surface area (Å²) in [5, 5.41) is 0.561. The third-order valence-corrected chi connectivity index (χ3v) is 7.14. The number of carbonyl (C=O) groups excluding carboxylic acids is 1. The topological polar surface area (TPSA) is 111 Å². The standard InChI is InChI=1S/C22H24N4O6S.ClH/c1-25(2)33(28,29)26-17-8-6-5-7-14(17)20(22(26)27)21-15-11-18(31-4)19(32-10-9-30-3)12-16(15)23-13-24-21;/h5-8,11-13,20H,9-10H2,1-4H3;1H. The summed E-state index contributed by atoms with van der Waals surface area (Å²) in [4.78, 5) is 22.3. The van der Waals surface area contributed by atoms with Gasteiger partial charge in [-0.1, -0.05) is 18.2 Å². The molecule has 0 fully saturated rings. The molecule has 1 aromatic heterocycles. The van der Waals surface area contributed by atoms with Crippen LogP contribution in [0.15, 0.2) is 42.7 Å². The molecule has 12 heteroatoms. The van der Waals surface area contributed by atoms with Gasteiger partial charge >= 0.3 is 10.2 Å². The number of methoxy groups -OCH3 is 2. The summed E-state index contributed by atoms with van der Waals surface area (Å²) >= 11 is 0. The van der Waals surface area contributed by atoms with E-state index < -0.39 is 22.0 Å². The minimum absolute atomic E-state index is 0. The Labute approximate surface area is 204 Å². The van der Waals surface area contributed by atoms with Gasteiger partial charge in [-0.15, -0.1) is 12.4 Å². The van der Waals surface area contributed by atoms with E-state index in [1.54, 1.807) is 43.5 Å². The van der Waals surface area contributed by atoms with Crippen LogP contribution in [0.25, 0.3) is 10.9 Å². The van der Waals surface area contributed by atoms with E-state index in [1.807, 2.05) is 0 Å². The highest BCUT2D eigenvalue weighted by molar-refractivity contribution is 7.91. The van der Waals surface area contributed by atoms with Crippen molar-refractivity contribution >= 4 is 45.1 Å². The molecule has 0 saturated heterocycles. The molecule has 0 spiro atoms. The van der Waals surface area contributed by atoms with Crippen LogP contribution in [0.1, 0.15) is 17.2 Å². The van der Waals surface area contributed by atoms with Crippen molar-refractivity contribution in [2.75, 3.05) is 45.8 Å². The number of anilines is 1. The van der Waals surface area contributed by atoms with Crippen molar-refractivity contribution in [1.29, 1.82) is 0 Å². The molecule has 2 aromatic carbocycles. The number of para-hydroxylation sites is 1. The normalized spacial score (nSPS) is 15.4. The second-order valence-corrected chi connectivity index (χ2v) is 9.50. The molecular formula is C22H25ClN4O6S. The molecule has 0 radical (unpaired) electrons. The predicted octanol–water partition coefficient (Wildman–Crippen LogP) is 2.37. The molecule has 0 bridgehead atoms. The van der Waals surface area contributed by atoms with E-state index in [1.165, 1.54) is 27.5 Å². The first-order chi connectivity index (χ1) is 15.8. The van der Waals surface area contributed by atoms with E-state index in [0.29, 0.717) is 52.6 Å². The molecule has 0 N–H and O–H groups in total. The molecule has 4 rings (SSSR count). The number of benzene rings is 2. The van der Waals surface area contributed by atoms with Crippen LogP contribution >= 0.6 is 12.4 Å². The van der Waals surface area contributed by atoms with E-state index in [2.05, 4.69) is 9.97 Å². The number of aromatic nitrogens is 2. The summed E-state index contributed by atoms with van der Waals surface area (Å²) in [6, 6.07) is 10.2. The van der Waals surface area contributed by atoms with E-state index in [-0.39, 0.29) is 12.4 Å². The number of hydrogen-bond donors (Lipinski definition) is 0. The first-order valence-electron chi connectivity index (χ1n) is 10.1. The van der Waals surface area contributed by atoms with Crippen molar-refractivity contribution in [2.24, 2.45) is 0 Å². The fraction of sp³-hybridized carbons (Fsp3) is 0.318. The second-order valence-electron chi connectivity index (χ2n) is 7.51. The third-order valence-electron chi connectivity index (χ3n) is 5.38. The monoisotopic (exact) mass is 508 g/mol. The summed E-state index contributed by atoms with van der Waals surface area (Å²) in [6.07, 6.45) is 1.35. The number of rotatable bonds is 8. The van der Waals surface area contributed by atoms with Gasteiger partial charge in [0, 0.05) is 32.7 Å². The molecule has 0 aliphatic carbocycles. The van der Waals surface area contributed by atoms with Crippen molar-refractivity contribution in [3.8, 4) is 11.5 Å². The molecular weight excluding hydrogens is 484 g/mol. The van der Waals surface area contributed by atoms with Gasteiger partial charge in [0.15, 0.2) is 11.5 Å². The Morgan fingerprint density at radius 1 is 1.06 bits per heavy atom. The maximum atomic E-state index is 13.5. The molecule has 1 aliphatic heterocycles. The van der Waals surface area contributed by atoms with Crippen molar-refractivity contribution < 1.29 is 27.4 Å². The van der Waals surface area contributed by atoms with E-state index in [4.69, 9.17) is 14.2 Å². The average Bonchev–Trinajstić information content (AvgIpc) is 3.10. The van der Waals surface area contributed by atoms with Gasteiger partial charge in [0.05, 0.1) is 30.6 Å². The summed E-state index contributed by atoms with van der Waals surface area (Å²) in [6.45, 7) is 0.724. The van der Waals surface area contributed by atoms with Crippen molar-refractivity contribution in [1.82, 2.24) is 14.3 Å². The second kappa shape index (κ2) is 10.1. The molecule has 3 aromatic rings. The Kier molecular flexibility index (Phi) is 7.61. The molecule has 2 heterocycles. The zero-order valence-corrected chi connectivity index (χ0v) is 20.7. The molecule has 34 heavy (non-hydrogen) atoms. The number of amides is 1. The van der Waals surface area contributed by atoms with E-state index in [0.717, 1.165) is 8.61 Å². The van der Waals surface area contributed by atoms with Crippen LogP contribution in [0.3, 0.4) is 0 Å². The van der Waals surface area contributed by atoms with Gasteiger partial charge < -0.3 is 14.2 Å². The highest BCUT2D eigenvalue weighted by Crippen LogP contribution is 2.44. The van der Waals surface area contributed by atoms with Crippen LogP contribution < -0.4 is 13.8 Å². The first kappa shape index (κ1) is 25.6. The van der Waals surface area contributed by atoms with E-state index in [9.17, 15) is 13.2 Å². The number of carbonyl (C=O) groups is 1. The Hall–Kier alpha value is -2.99. The molecule has 1 atom stereocenters. The highest BCUT2D eigenvalue weighted by Gasteiger charge is 2.46. The summed E-state index contributed by atoms with van der Waals surface area (Å²) < 4.78 is 44.0. The number of halogens is 1. The number of fused-ring (bicyclic) bond motifs is 2. The Morgan fingerprint density at radius 2 is 1.79 bits per heavy atom. The van der Waals surface area contributed by atoms with Crippen LogP contribution in [0.4, 0.5) is 5.69 Å². The summed E-state index contributed by atoms with van der Waals surface area (Å²) in [7, 11) is 1.81. The minimum Gasteiger partial charge on any atom is -0.493 e. The number of hydrogen-bond acceptors (Lipinski definition) is 8. The average molecular weight is 509 g/mol. The molecule has 10 nitrogen and oxygen atoms in total. The van der Waals surface area contributed by atoms with Crippen LogP contribution in [0, 0.1) is 0 Å². The fourth-order valence-corrected chi connectivity index (χ4v) is 4.85. The maximum Gasteiger partial charge on any atom is 0.310 e. The van der Waals surface area contributed by atoms with Crippen LogP contribution in [-0.2, 0) is 19.7 Å². The lowest BCUT2D eigenvalue weighted by atomic mass is 9.94. The van der Waals surface area contributed by atoms with Crippen molar-refractivity contribution in [2.45, 2.75) is 5.92 Å². The predicted molar refractivity (Wildman–Crippen MR) is 129 cm³/mol. The van der Waals surface area contributed by atoms with Gasteiger partial charge in [-0.2, -0.15) is 17.0 Å². The molecule has 1 amide bonds. The Balaban J connectivity index is 0.00000324. The summed E-state index contributed by atoms with van der Waals surface area (Å²) in [5.41, 5.74) is 1.77. The summed E-state index contributed by atoms with van der Waals surface area (Å²) in [5.74, 6) is -0.622. The molecule has 1 aliphatic rings. The molecule has 1 unspecified atom stereocenters. The van der Waals surface area contributed by atoms with Crippen molar-refractivity contribution in [3.05, 3.63) is 54.0 Å². The van der Waals surface area contributed by atoms with Crippen LogP contribution in [0.5, 0.6) is 11.5 Å². The molecule has 0 saturated carbocycles. The first-order valence-corrected chi connectivity index (χ1v) is 11.5. The number of ether oxygens (including phenoxy) is 3.